The van der Waals surface area contributed by atoms with Crippen LogP contribution in [-0.4, -0.2) is 5.60 Å². The van der Waals surface area contributed by atoms with Crippen LogP contribution in [0.1, 0.15) is 139 Å². The molecular weight excluding hydrogens is 534 g/mol. The van der Waals surface area contributed by atoms with Gasteiger partial charge in [0.1, 0.15) is 11.4 Å². The zero-order valence-electron chi connectivity index (χ0n) is 30.1. The first-order valence-corrected chi connectivity index (χ1v) is 14.8. The van der Waals surface area contributed by atoms with Gasteiger partial charge in [-0.3, -0.25) is 0 Å². The third-order valence-electron chi connectivity index (χ3n) is 4.07. The van der Waals surface area contributed by atoms with E-state index in [9.17, 15) is 0 Å². The number of benzene rings is 2. The van der Waals surface area contributed by atoms with Crippen LogP contribution in [0.15, 0.2) is 36.4 Å². The summed E-state index contributed by atoms with van der Waals surface area (Å²) in [5.41, 5.74) is 6.39. The van der Waals surface area contributed by atoms with Crippen LogP contribution in [0.2, 0.25) is 0 Å². The van der Waals surface area contributed by atoms with E-state index < -0.39 is 0 Å². The van der Waals surface area contributed by atoms with Crippen LogP contribution in [0.5, 0.6) is 5.75 Å². The van der Waals surface area contributed by atoms with Gasteiger partial charge in [0.15, 0.2) is 0 Å². The summed E-state index contributed by atoms with van der Waals surface area (Å²) < 4.78 is 6.14. The molecule has 0 saturated heterocycles. The standard InChI is InChI=1S/C23H32NO.3C5H11.Ti/c1-15(2)18-13-17(5)14-19(16(3)4)22(18)24-20-11-9-10-12-21(20)25-23(6,7)8;3*1-5(2,3)4;/h9-16H,1-8H3;3*1H2,2-4H3;/q4*-1;+4. The molecule has 0 radical (unpaired) electrons. The quantitative estimate of drug-likeness (QED) is 0.248. The first-order valence-electron chi connectivity index (χ1n) is 14.8. The molecule has 2 nitrogen and oxygen atoms in total. The minimum absolute atomic E-state index is 0. The maximum atomic E-state index is 6.14. The summed E-state index contributed by atoms with van der Waals surface area (Å²) in [7, 11) is 0. The third kappa shape index (κ3) is 28.6. The summed E-state index contributed by atoms with van der Waals surface area (Å²) in [4.78, 5) is 0. The van der Waals surface area contributed by atoms with Crippen molar-refractivity contribution in [2.75, 3.05) is 0 Å². The monoisotopic (exact) mass is 599 g/mol. The van der Waals surface area contributed by atoms with Crippen molar-refractivity contribution in [2.45, 2.75) is 135 Å². The topological polar surface area (TPSA) is 23.3 Å². The van der Waals surface area contributed by atoms with E-state index in [2.05, 4.69) is 151 Å². The van der Waals surface area contributed by atoms with Gasteiger partial charge in [-0.2, -0.15) is 16.2 Å². The second-order valence-electron chi connectivity index (χ2n) is 16.1. The Morgan fingerprint density at radius 3 is 1.24 bits per heavy atom. The molecule has 0 fully saturated rings. The average Bonchev–Trinajstić information content (AvgIpc) is 2.65. The molecule has 232 valence electrons. The van der Waals surface area contributed by atoms with E-state index in [4.69, 9.17) is 10.1 Å². The predicted octanol–water partition coefficient (Wildman–Crippen LogP) is 13.4. The van der Waals surface area contributed by atoms with E-state index >= 15 is 0 Å². The second-order valence-corrected chi connectivity index (χ2v) is 16.1. The van der Waals surface area contributed by atoms with Crippen molar-refractivity contribution in [3.8, 4) is 5.75 Å². The van der Waals surface area contributed by atoms with Crippen LogP contribution in [0.25, 0.3) is 5.32 Å². The summed E-state index contributed by atoms with van der Waals surface area (Å²) in [5.74, 6) is 1.68. The summed E-state index contributed by atoms with van der Waals surface area (Å²) in [5, 5.41) is 5.08. The van der Waals surface area contributed by atoms with Gasteiger partial charge >= 0.3 is 21.7 Å². The van der Waals surface area contributed by atoms with Gasteiger partial charge in [-0.1, -0.05) is 143 Å². The largest absolute Gasteiger partial charge is 4.00 e. The molecule has 3 heteroatoms. The Morgan fingerprint density at radius 2 is 0.951 bits per heavy atom. The van der Waals surface area contributed by atoms with E-state index in [1.165, 1.54) is 16.7 Å². The minimum Gasteiger partial charge on any atom is -0.654 e. The average molecular weight is 600 g/mol. The summed E-state index contributed by atoms with van der Waals surface area (Å²) >= 11 is 0. The molecule has 0 amide bonds. The Hall–Kier alpha value is -1.25. The van der Waals surface area contributed by atoms with Crippen molar-refractivity contribution >= 4 is 11.4 Å². The SMILES string of the molecule is Cc1cc(C(C)C)c([N-]c2ccccc2OC(C)(C)C)c(C(C)C)c1.[CH2-]C(C)(C)C.[CH2-]C(C)(C)C.[CH2-]C(C)(C)C.[Ti+4]. The smallest absolute Gasteiger partial charge is 0.654 e. The van der Waals surface area contributed by atoms with E-state index in [0.29, 0.717) is 11.8 Å². The van der Waals surface area contributed by atoms with Gasteiger partial charge in [0.05, 0.1) is 0 Å². The molecule has 0 bridgehead atoms. The maximum absolute atomic E-state index is 6.14. The molecule has 0 aliphatic rings. The van der Waals surface area contributed by atoms with Gasteiger partial charge in [0, 0.05) is 0 Å². The Bertz CT molecular complexity index is 902. The molecule has 2 rings (SSSR count). The van der Waals surface area contributed by atoms with Crippen LogP contribution in [-0.2, 0) is 21.7 Å². The third-order valence-corrected chi connectivity index (χ3v) is 4.07. The molecule has 0 heterocycles. The summed E-state index contributed by atoms with van der Waals surface area (Å²) in [6.45, 7) is 47.3. The normalized spacial score (nSPS) is 11.7. The summed E-state index contributed by atoms with van der Waals surface area (Å²) in [6, 6.07) is 12.6. The Labute approximate surface area is 273 Å². The van der Waals surface area contributed by atoms with E-state index in [-0.39, 0.29) is 43.6 Å². The Morgan fingerprint density at radius 1 is 0.634 bits per heavy atom. The Kier molecular flexibility index (Phi) is 19.9. The molecule has 0 N–H and O–H groups in total. The van der Waals surface area contributed by atoms with Gasteiger partial charge in [-0.05, 0) is 45.6 Å². The molecule has 2 aromatic carbocycles. The molecule has 0 atom stereocenters. The van der Waals surface area contributed by atoms with E-state index in [1.54, 1.807) is 0 Å². The van der Waals surface area contributed by atoms with Crippen LogP contribution in [0, 0.1) is 43.9 Å². The molecule has 0 spiro atoms. The van der Waals surface area contributed by atoms with Crippen molar-refractivity contribution in [3.05, 3.63) is 79.2 Å². The molecule has 0 unspecified atom stereocenters. The van der Waals surface area contributed by atoms with Gasteiger partial charge in [0.25, 0.3) is 0 Å². The number of nitrogens with zero attached hydrogens (tertiary/aromatic N) is 1. The first-order chi connectivity index (χ1) is 17.6. The number of hydrogen-bond donors (Lipinski definition) is 0. The molecular formula is C38H65NOTi. The van der Waals surface area contributed by atoms with Gasteiger partial charge in [0.2, 0.25) is 0 Å². The zero-order valence-corrected chi connectivity index (χ0v) is 31.7. The van der Waals surface area contributed by atoms with Crippen molar-refractivity contribution < 1.29 is 26.5 Å². The molecule has 2 aromatic rings. The minimum atomic E-state index is -0.249. The number of aryl methyl sites for hydroxylation is 1. The number of para-hydroxylation sites is 2. The molecule has 0 saturated carbocycles. The van der Waals surface area contributed by atoms with Crippen LogP contribution in [0.3, 0.4) is 0 Å². The van der Waals surface area contributed by atoms with Crippen LogP contribution >= 0.6 is 0 Å². The Balaban J connectivity index is -0.000000744. The number of ether oxygens (including phenoxy) is 1. The molecule has 0 aliphatic carbocycles. The predicted molar refractivity (Wildman–Crippen MR) is 183 cm³/mol. The van der Waals surface area contributed by atoms with Crippen LogP contribution in [0.4, 0.5) is 11.4 Å². The molecule has 41 heavy (non-hydrogen) atoms. The molecule has 0 aromatic heterocycles. The van der Waals surface area contributed by atoms with Gasteiger partial charge < -0.3 is 30.8 Å². The second kappa shape index (κ2) is 18.4. The van der Waals surface area contributed by atoms with Gasteiger partial charge in [-0.15, -0.1) is 5.69 Å². The fraction of sp³-hybridized carbons (Fsp3) is 0.605. The van der Waals surface area contributed by atoms with Crippen molar-refractivity contribution in [2.24, 2.45) is 16.2 Å². The van der Waals surface area contributed by atoms with Crippen molar-refractivity contribution in [1.82, 2.24) is 0 Å². The number of hydrogen-bond acceptors (Lipinski definition) is 1. The van der Waals surface area contributed by atoms with E-state index in [0.717, 1.165) is 17.1 Å². The zero-order chi connectivity index (χ0) is 32.3. The van der Waals surface area contributed by atoms with Crippen molar-refractivity contribution in [1.29, 1.82) is 0 Å². The van der Waals surface area contributed by atoms with Crippen LogP contribution < -0.4 is 4.74 Å². The van der Waals surface area contributed by atoms with Crippen molar-refractivity contribution in [3.63, 3.8) is 0 Å². The fourth-order valence-electron chi connectivity index (χ4n) is 2.93. The van der Waals surface area contributed by atoms with E-state index in [1.807, 2.05) is 24.3 Å². The fourth-order valence-corrected chi connectivity index (χ4v) is 2.93. The summed E-state index contributed by atoms with van der Waals surface area (Å²) in [6.07, 6.45) is 0. The number of rotatable bonds is 5. The first kappa shape index (κ1) is 44.2. The van der Waals surface area contributed by atoms with Gasteiger partial charge in [-0.25, -0.2) is 0 Å². The maximum Gasteiger partial charge on any atom is 4.00 e. The molecule has 0 aliphatic heterocycles.